The monoisotopic (exact) mass is 707 g/mol. The summed E-state index contributed by atoms with van der Waals surface area (Å²) < 4.78 is 10.1. The minimum Gasteiger partial charge on any atom is -0.483 e. The predicted octanol–water partition coefficient (Wildman–Crippen LogP) is 2.89. The zero-order valence-electron chi connectivity index (χ0n) is 27.1. The fourth-order valence-electron chi connectivity index (χ4n) is 6.86. The Bertz CT molecular complexity index is 1760. The largest absolute Gasteiger partial charge is 0.483 e. The number of rotatable bonds is 9. The van der Waals surface area contributed by atoms with Crippen molar-refractivity contribution in [3.05, 3.63) is 52.9 Å². The fraction of sp³-hybridized carbons (Fsp3) is 0.485. The van der Waals surface area contributed by atoms with Gasteiger partial charge in [-0.05, 0) is 44.2 Å². The van der Waals surface area contributed by atoms with Gasteiger partial charge in [0.05, 0.1) is 29.7 Å². The van der Waals surface area contributed by atoms with E-state index in [4.69, 9.17) is 16.3 Å². The van der Waals surface area contributed by atoms with Crippen molar-refractivity contribution in [3.63, 3.8) is 0 Å². The van der Waals surface area contributed by atoms with Gasteiger partial charge in [-0.25, -0.2) is 9.97 Å². The molecule has 2 atom stereocenters. The van der Waals surface area contributed by atoms with Gasteiger partial charge in [0.15, 0.2) is 6.61 Å². The Morgan fingerprint density at radius 2 is 1.96 bits per heavy atom. The van der Waals surface area contributed by atoms with Crippen LogP contribution >= 0.6 is 23.5 Å². The molecule has 0 saturated carbocycles. The second-order valence-corrected chi connectivity index (χ2v) is 14.6. The molecule has 258 valence electrons. The molecule has 0 aliphatic carbocycles. The minimum atomic E-state index is -0.708. The Balaban J connectivity index is 0.880. The van der Waals surface area contributed by atoms with Gasteiger partial charge in [0.25, 0.3) is 11.8 Å². The van der Waals surface area contributed by atoms with E-state index in [2.05, 4.69) is 30.0 Å². The van der Waals surface area contributed by atoms with Crippen LogP contribution in [-0.2, 0) is 28.0 Å². The number of amides is 4. The molecular formula is C33H38ClN9O5S. The van der Waals surface area contributed by atoms with E-state index in [-0.39, 0.29) is 49.8 Å². The van der Waals surface area contributed by atoms with Crippen molar-refractivity contribution in [3.8, 4) is 17.0 Å². The van der Waals surface area contributed by atoms with Crippen LogP contribution in [0.2, 0.25) is 5.02 Å². The lowest BCUT2D eigenvalue weighted by atomic mass is 10.0. The highest BCUT2D eigenvalue weighted by molar-refractivity contribution is 7.97. The Kier molecular flexibility index (Phi) is 9.74. The van der Waals surface area contributed by atoms with Crippen molar-refractivity contribution in [2.24, 2.45) is 7.05 Å². The van der Waals surface area contributed by atoms with Crippen LogP contribution in [0.3, 0.4) is 0 Å². The Morgan fingerprint density at radius 3 is 2.73 bits per heavy atom. The van der Waals surface area contributed by atoms with E-state index >= 15 is 0 Å². The number of likely N-dealkylation sites (tertiary alicyclic amines) is 1. The van der Waals surface area contributed by atoms with Crippen LogP contribution < -0.4 is 15.4 Å². The molecule has 16 heteroatoms. The Labute approximate surface area is 293 Å². The first-order valence-electron chi connectivity index (χ1n) is 16.6. The highest BCUT2D eigenvalue weighted by Crippen LogP contribution is 2.34. The fourth-order valence-corrected chi connectivity index (χ4v) is 8.42. The molecular weight excluding hydrogens is 670 g/mol. The SMILES string of the molecule is Cn1cc(-c2nc(NC3CCN(SC4CCCN(C(=O)COc5cccc6c5CN(C5CCC(=O)NC5=O)C6=O)C4)CC3)ncc2Cl)cn1. The van der Waals surface area contributed by atoms with E-state index in [1.54, 1.807) is 35.3 Å². The van der Waals surface area contributed by atoms with Gasteiger partial charge in [-0.1, -0.05) is 29.6 Å². The summed E-state index contributed by atoms with van der Waals surface area (Å²) in [5, 5.41) is 10.8. The van der Waals surface area contributed by atoms with Gasteiger partial charge in [-0.15, -0.1) is 0 Å². The summed E-state index contributed by atoms with van der Waals surface area (Å²) in [4.78, 5) is 62.9. The highest BCUT2D eigenvalue weighted by Gasteiger charge is 2.40. The number of carbonyl (C=O) groups is 4. The van der Waals surface area contributed by atoms with Gasteiger partial charge < -0.3 is 19.9 Å². The van der Waals surface area contributed by atoms with Crippen molar-refractivity contribution in [1.82, 2.24) is 39.2 Å². The number of halogens is 1. The number of fused-ring (bicyclic) bond motifs is 1. The van der Waals surface area contributed by atoms with Gasteiger partial charge in [-0.2, -0.15) is 5.10 Å². The number of imide groups is 1. The molecule has 3 fully saturated rings. The van der Waals surface area contributed by atoms with Crippen LogP contribution in [0.25, 0.3) is 11.3 Å². The van der Waals surface area contributed by atoms with Crippen LogP contribution in [0.4, 0.5) is 5.95 Å². The summed E-state index contributed by atoms with van der Waals surface area (Å²) >= 11 is 8.21. The number of anilines is 1. The molecule has 4 aliphatic heterocycles. The van der Waals surface area contributed by atoms with E-state index in [9.17, 15) is 19.2 Å². The van der Waals surface area contributed by atoms with Crippen LogP contribution in [0, 0.1) is 0 Å². The van der Waals surface area contributed by atoms with Gasteiger partial charge >= 0.3 is 0 Å². The average Bonchev–Trinajstić information content (AvgIpc) is 3.68. The lowest BCUT2D eigenvalue weighted by Crippen LogP contribution is -2.52. The molecule has 0 radical (unpaired) electrons. The first-order chi connectivity index (χ1) is 23.7. The van der Waals surface area contributed by atoms with E-state index in [0.717, 1.165) is 44.3 Å². The molecule has 0 spiro atoms. The van der Waals surface area contributed by atoms with Gasteiger partial charge in [-0.3, -0.25) is 33.5 Å². The summed E-state index contributed by atoms with van der Waals surface area (Å²) in [6.45, 7) is 3.21. The Hall–Kier alpha value is -4.21. The van der Waals surface area contributed by atoms with Crippen molar-refractivity contribution in [1.29, 1.82) is 0 Å². The normalized spacial score (nSPS) is 21.9. The third-order valence-electron chi connectivity index (χ3n) is 9.43. The molecule has 7 rings (SSSR count). The van der Waals surface area contributed by atoms with E-state index in [1.807, 2.05) is 30.1 Å². The number of hydrogen-bond donors (Lipinski definition) is 2. The number of nitrogens with zero attached hydrogens (tertiary/aromatic N) is 7. The standard InChI is InChI=1S/C33H38ClN9O5S/c1-40-16-20(14-36-40)30-25(34)15-35-33(39-30)37-21-9-12-42(13-10-21)49-22-4-3-11-41(17-22)29(45)19-48-27-6-2-5-23-24(27)18-43(32(23)47)26-7-8-28(44)38-31(26)46/h2,5-6,14-16,21-22,26H,3-4,7-13,17-19H2,1H3,(H,35,37,39)(H,38,44,46). The van der Waals surface area contributed by atoms with Crippen molar-refractivity contribution >= 4 is 53.1 Å². The molecule has 49 heavy (non-hydrogen) atoms. The number of nitrogens with one attached hydrogen (secondary N) is 2. The first kappa shape index (κ1) is 33.3. The molecule has 1 aromatic carbocycles. The molecule has 14 nitrogen and oxygen atoms in total. The molecule has 4 aliphatic rings. The highest BCUT2D eigenvalue weighted by atomic mass is 35.5. The van der Waals surface area contributed by atoms with E-state index < -0.39 is 11.9 Å². The predicted molar refractivity (Wildman–Crippen MR) is 183 cm³/mol. The molecule has 4 amide bonds. The number of hydrogen-bond acceptors (Lipinski definition) is 11. The summed E-state index contributed by atoms with van der Waals surface area (Å²) in [7, 11) is 1.85. The van der Waals surface area contributed by atoms with Gasteiger partial charge in [0.2, 0.25) is 17.8 Å². The quantitative estimate of drug-likeness (QED) is 0.249. The summed E-state index contributed by atoms with van der Waals surface area (Å²) in [6, 6.07) is 4.71. The molecule has 3 aromatic rings. The first-order valence-corrected chi connectivity index (χ1v) is 17.8. The molecule has 6 heterocycles. The summed E-state index contributed by atoms with van der Waals surface area (Å²) in [5.41, 5.74) is 2.61. The Morgan fingerprint density at radius 1 is 1.12 bits per heavy atom. The molecule has 2 aromatic heterocycles. The van der Waals surface area contributed by atoms with E-state index in [0.29, 0.717) is 51.9 Å². The van der Waals surface area contributed by atoms with Gasteiger partial charge in [0, 0.05) is 73.8 Å². The van der Waals surface area contributed by atoms with Gasteiger partial charge in [0.1, 0.15) is 11.8 Å². The second kappa shape index (κ2) is 14.3. The lowest BCUT2D eigenvalue weighted by molar-refractivity contribution is -0.137. The molecule has 2 N–H and O–H groups in total. The van der Waals surface area contributed by atoms with Crippen LogP contribution in [0.5, 0.6) is 5.75 Å². The number of carbonyl (C=O) groups excluding carboxylic acids is 4. The van der Waals surface area contributed by atoms with Crippen LogP contribution in [0.15, 0.2) is 36.8 Å². The number of aryl methyl sites for hydroxylation is 1. The maximum absolute atomic E-state index is 13.3. The third-order valence-corrected chi connectivity index (χ3v) is 11.1. The van der Waals surface area contributed by atoms with E-state index in [1.165, 1.54) is 4.90 Å². The van der Waals surface area contributed by atoms with Crippen molar-refractivity contribution < 1.29 is 23.9 Å². The zero-order chi connectivity index (χ0) is 34.1. The minimum absolute atomic E-state index is 0.0919. The zero-order valence-corrected chi connectivity index (χ0v) is 28.7. The topological polar surface area (TPSA) is 155 Å². The summed E-state index contributed by atoms with van der Waals surface area (Å²) in [5.74, 6) is -0.138. The number of benzene rings is 1. The van der Waals surface area contributed by atoms with Crippen molar-refractivity contribution in [2.45, 2.75) is 62.4 Å². The number of ether oxygens (including phenoxy) is 1. The van der Waals surface area contributed by atoms with Crippen molar-refractivity contribution in [2.75, 3.05) is 38.1 Å². The van der Waals surface area contributed by atoms with Crippen LogP contribution in [-0.4, -0.2) is 108 Å². The number of piperidine rings is 3. The lowest BCUT2D eigenvalue weighted by Gasteiger charge is -2.37. The number of aromatic nitrogens is 4. The second-order valence-electron chi connectivity index (χ2n) is 12.8. The summed E-state index contributed by atoms with van der Waals surface area (Å²) in [6.07, 6.45) is 9.54. The molecule has 3 saturated heterocycles. The third kappa shape index (κ3) is 7.38. The molecule has 2 unspecified atom stereocenters. The smallest absolute Gasteiger partial charge is 0.260 e. The maximum Gasteiger partial charge on any atom is 0.260 e. The van der Waals surface area contributed by atoms with Crippen LogP contribution in [0.1, 0.15) is 54.4 Å². The average molecular weight is 708 g/mol. The maximum atomic E-state index is 13.3. The molecule has 0 bridgehead atoms.